The molecular weight excluding hydrogens is 367 g/mol. The third kappa shape index (κ3) is 4.68. The quantitative estimate of drug-likeness (QED) is 0.812. The molecule has 0 spiro atoms. The molecule has 1 saturated carbocycles. The van der Waals surface area contributed by atoms with E-state index in [1.807, 2.05) is 13.8 Å². The highest BCUT2D eigenvalue weighted by Gasteiger charge is 2.27. The van der Waals surface area contributed by atoms with Gasteiger partial charge in [-0.15, -0.1) is 12.4 Å². The van der Waals surface area contributed by atoms with Crippen LogP contribution in [0, 0.1) is 25.6 Å². The first kappa shape index (κ1) is 21.4. The van der Waals surface area contributed by atoms with Gasteiger partial charge >= 0.3 is 0 Å². The number of nitrogens with two attached hydrogens (primary N) is 1. The Morgan fingerprint density at radius 2 is 1.89 bits per heavy atom. The van der Waals surface area contributed by atoms with Crippen LogP contribution in [0.4, 0.5) is 4.39 Å². The number of hydrogen-bond donors (Lipinski definition) is 2. The zero-order valence-corrected chi connectivity index (χ0v) is 16.7. The van der Waals surface area contributed by atoms with E-state index >= 15 is 0 Å². The molecule has 1 heterocycles. The number of nitrogens with one attached hydrogen (secondary N) is 1. The van der Waals surface area contributed by atoms with Crippen molar-refractivity contribution in [2.45, 2.75) is 52.0 Å². The van der Waals surface area contributed by atoms with Crippen LogP contribution in [0.3, 0.4) is 0 Å². The average Bonchev–Trinajstić information content (AvgIpc) is 2.95. The van der Waals surface area contributed by atoms with E-state index in [0.29, 0.717) is 23.7 Å². The van der Waals surface area contributed by atoms with Crippen molar-refractivity contribution in [2.24, 2.45) is 11.7 Å². The van der Waals surface area contributed by atoms with E-state index in [2.05, 4.69) is 10.4 Å². The zero-order valence-electron chi connectivity index (χ0n) is 15.9. The molecule has 0 bridgehead atoms. The molecule has 5 nitrogen and oxygen atoms in total. The van der Waals surface area contributed by atoms with E-state index in [4.69, 9.17) is 5.73 Å². The molecule has 1 aromatic heterocycles. The van der Waals surface area contributed by atoms with Crippen molar-refractivity contribution in [2.75, 3.05) is 6.54 Å². The summed E-state index contributed by atoms with van der Waals surface area (Å²) in [6, 6.07) is 6.08. The summed E-state index contributed by atoms with van der Waals surface area (Å²) in [5, 5.41) is 7.61. The molecule has 1 aliphatic rings. The number of nitrogens with zero attached hydrogens (tertiary/aromatic N) is 2. The number of carbonyl (C=O) groups excluding carboxylic acids is 1. The number of benzene rings is 1. The fourth-order valence-corrected chi connectivity index (χ4v) is 3.95. The molecule has 1 unspecified atom stereocenters. The smallest absolute Gasteiger partial charge is 0.255 e. The molecule has 1 aliphatic carbocycles. The van der Waals surface area contributed by atoms with Gasteiger partial charge in [-0.05, 0) is 56.9 Å². The van der Waals surface area contributed by atoms with Gasteiger partial charge in [-0.25, -0.2) is 9.07 Å². The van der Waals surface area contributed by atoms with Crippen LogP contribution in [0.15, 0.2) is 24.3 Å². The van der Waals surface area contributed by atoms with Crippen LogP contribution in [-0.2, 0) is 0 Å². The maximum Gasteiger partial charge on any atom is 0.255 e. The predicted molar refractivity (Wildman–Crippen MR) is 107 cm³/mol. The molecule has 1 aromatic carbocycles. The van der Waals surface area contributed by atoms with Gasteiger partial charge in [-0.3, -0.25) is 4.79 Å². The molecule has 0 saturated heterocycles. The lowest BCUT2D eigenvalue weighted by Gasteiger charge is -2.30. The minimum absolute atomic E-state index is 0. The molecule has 7 heteroatoms. The molecule has 3 N–H and O–H groups in total. The molecular formula is C20H28ClFN4O. The highest BCUT2D eigenvalue weighted by atomic mass is 35.5. The van der Waals surface area contributed by atoms with Gasteiger partial charge in [0.05, 0.1) is 22.6 Å². The molecule has 1 amide bonds. The Morgan fingerprint density at radius 1 is 1.26 bits per heavy atom. The Kier molecular flexibility index (Phi) is 7.39. The minimum Gasteiger partial charge on any atom is -0.348 e. The molecule has 1 fully saturated rings. The van der Waals surface area contributed by atoms with Crippen LogP contribution in [0.25, 0.3) is 5.69 Å². The average molecular weight is 395 g/mol. The molecule has 0 aliphatic heterocycles. The number of aryl methyl sites for hydroxylation is 1. The minimum atomic E-state index is -0.300. The van der Waals surface area contributed by atoms with Crippen LogP contribution >= 0.6 is 12.4 Å². The first-order valence-electron chi connectivity index (χ1n) is 9.34. The second kappa shape index (κ2) is 9.33. The number of amides is 1. The second-order valence-corrected chi connectivity index (χ2v) is 7.15. The number of hydrogen-bond acceptors (Lipinski definition) is 3. The van der Waals surface area contributed by atoms with E-state index in [0.717, 1.165) is 24.2 Å². The lowest BCUT2D eigenvalue weighted by molar-refractivity contribution is 0.0914. The Morgan fingerprint density at radius 3 is 2.48 bits per heavy atom. The highest BCUT2D eigenvalue weighted by Crippen LogP contribution is 2.27. The molecule has 148 valence electrons. The van der Waals surface area contributed by atoms with Crippen molar-refractivity contribution in [1.29, 1.82) is 0 Å². The third-order valence-corrected chi connectivity index (χ3v) is 5.38. The highest BCUT2D eigenvalue weighted by molar-refractivity contribution is 5.96. The van der Waals surface area contributed by atoms with Crippen molar-refractivity contribution in [3.63, 3.8) is 0 Å². The summed E-state index contributed by atoms with van der Waals surface area (Å²) in [5.74, 6) is 0.0198. The number of halogens is 2. The number of rotatable bonds is 5. The summed E-state index contributed by atoms with van der Waals surface area (Å²) < 4.78 is 14.9. The van der Waals surface area contributed by atoms with E-state index in [1.165, 1.54) is 31.4 Å². The van der Waals surface area contributed by atoms with Gasteiger partial charge in [0, 0.05) is 12.6 Å². The SMILES string of the molecule is Cc1nn(-c2ccc(F)cc2)c(C)c1C(=O)NC(CN)C1CCCCC1.Cl. The van der Waals surface area contributed by atoms with Gasteiger partial charge in [0.25, 0.3) is 5.91 Å². The molecule has 3 rings (SSSR count). The predicted octanol–water partition coefficient (Wildman–Crippen LogP) is 3.69. The lowest BCUT2D eigenvalue weighted by atomic mass is 9.84. The van der Waals surface area contributed by atoms with Gasteiger partial charge in [0.15, 0.2) is 0 Å². The normalized spacial score (nSPS) is 15.9. The van der Waals surface area contributed by atoms with Crippen molar-refractivity contribution in [3.8, 4) is 5.69 Å². The van der Waals surface area contributed by atoms with E-state index in [1.54, 1.807) is 16.8 Å². The first-order chi connectivity index (χ1) is 12.5. The molecule has 2 aromatic rings. The Balaban J connectivity index is 0.00000261. The van der Waals surface area contributed by atoms with Crippen molar-refractivity contribution in [3.05, 3.63) is 47.0 Å². The topological polar surface area (TPSA) is 72.9 Å². The monoisotopic (exact) mass is 394 g/mol. The van der Waals surface area contributed by atoms with Crippen LogP contribution in [-0.4, -0.2) is 28.3 Å². The van der Waals surface area contributed by atoms with Crippen molar-refractivity contribution < 1.29 is 9.18 Å². The van der Waals surface area contributed by atoms with Gasteiger partial charge in [-0.1, -0.05) is 19.3 Å². The van der Waals surface area contributed by atoms with Crippen LogP contribution in [0.5, 0.6) is 0 Å². The van der Waals surface area contributed by atoms with Crippen LogP contribution < -0.4 is 11.1 Å². The molecule has 27 heavy (non-hydrogen) atoms. The fraction of sp³-hybridized carbons (Fsp3) is 0.500. The standard InChI is InChI=1S/C20H27FN4O.ClH/c1-13-19(14(2)25(24-13)17-10-8-16(21)9-11-17)20(26)23-18(12-22)15-6-4-3-5-7-15;/h8-11,15,18H,3-7,12,22H2,1-2H3,(H,23,26);1H. The van der Waals surface area contributed by atoms with Crippen LogP contribution in [0.2, 0.25) is 0 Å². The summed E-state index contributed by atoms with van der Waals surface area (Å²) in [6.07, 6.45) is 5.92. The zero-order chi connectivity index (χ0) is 18.7. The Labute approximate surface area is 165 Å². The fourth-order valence-electron chi connectivity index (χ4n) is 3.95. The van der Waals surface area contributed by atoms with Crippen LogP contribution in [0.1, 0.15) is 53.8 Å². The number of aromatic nitrogens is 2. The summed E-state index contributed by atoms with van der Waals surface area (Å²) in [7, 11) is 0. The van der Waals surface area contributed by atoms with Crippen molar-refractivity contribution in [1.82, 2.24) is 15.1 Å². The summed E-state index contributed by atoms with van der Waals surface area (Å²) in [6.45, 7) is 4.12. The maximum absolute atomic E-state index is 13.2. The summed E-state index contributed by atoms with van der Waals surface area (Å²) >= 11 is 0. The van der Waals surface area contributed by atoms with Gasteiger partial charge in [0.1, 0.15) is 5.82 Å². The van der Waals surface area contributed by atoms with Gasteiger partial charge < -0.3 is 11.1 Å². The Hall–Kier alpha value is -1.92. The van der Waals surface area contributed by atoms with Crippen molar-refractivity contribution >= 4 is 18.3 Å². The Bertz CT molecular complexity index is 769. The van der Waals surface area contributed by atoms with E-state index in [9.17, 15) is 9.18 Å². The largest absolute Gasteiger partial charge is 0.348 e. The summed E-state index contributed by atoms with van der Waals surface area (Å²) in [4.78, 5) is 12.9. The van der Waals surface area contributed by atoms with Gasteiger partial charge in [0.2, 0.25) is 0 Å². The second-order valence-electron chi connectivity index (χ2n) is 7.15. The van der Waals surface area contributed by atoms with E-state index < -0.39 is 0 Å². The van der Waals surface area contributed by atoms with Gasteiger partial charge in [-0.2, -0.15) is 5.10 Å². The number of carbonyl (C=O) groups is 1. The molecule has 1 atom stereocenters. The maximum atomic E-state index is 13.2. The third-order valence-electron chi connectivity index (χ3n) is 5.38. The summed E-state index contributed by atoms with van der Waals surface area (Å²) in [5.41, 5.74) is 8.65. The molecule has 0 radical (unpaired) electrons. The van der Waals surface area contributed by atoms with E-state index in [-0.39, 0.29) is 30.2 Å². The lowest BCUT2D eigenvalue weighted by Crippen LogP contribution is -2.46. The first-order valence-corrected chi connectivity index (χ1v) is 9.34.